The lowest BCUT2D eigenvalue weighted by molar-refractivity contribution is -0.138. The molecule has 3 rings (SSSR count). The number of fused-ring (bicyclic) bond motifs is 1. The standard InChI is InChI=1S/C14H19N3O3S/c18-11(19)8-14(6-1-2-7-14)17-12(20)16-13-15-9-4-3-5-10(9)21-13/h1-8H2,(H,18,19)(H2,15,16,17,20). The highest BCUT2D eigenvalue weighted by Crippen LogP contribution is 2.33. The number of nitrogens with zero attached hydrogens (tertiary/aromatic N) is 1. The van der Waals surface area contributed by atoms with Crippen LogP contribution in [0.3, 0.4) is 0 Å². The average molecular weight is 309 g/mol. The van der Waals surface area contributed by atoms with Gasteiger partial charge in [0.25, 0.3) is 0 Å². The van der Waals surface area contributed by atoms with Gasteiger partial charge in [0.2, 0.25) is 0 Å². The summed E-state index contributed by atoms with van der Waals surface area (Å²) in [6, 6.07) is -0.342. The number of carbonyl (C=O) groups excluding carboxylic acids is 1. The fourth-order valence-electron chi connectivity index (χ4n) is 3.30. The fraction of sp³-hybridized carbons (Fsp3) is 0.643. The van der Waals surface area contributed by atoms with Crippen molar-refractivity contribution in [3.05, 3.63) is 10.6 Å². The van der Waals surface area contributed by atoms with Crippen molar-refractivity contribution in [2.24, 2.45) is 0 Å². The molecule has 2 aliphatic carbocycles. The van der Waals surface area contributed by atoms with Gasteiger partial charge in [0, 0.05) is 4.88 Å². The van der Waals surface area contributed by atoms with Crippen LogP contribution in [-0.2, 0) is 17.6 Å². The van der Waals surface area contributed by atoms with E-state index < -0.39 is 11.5 Å². The lowest BCUT2D eigenvalue weighted by Gasteiger charge is -2.28. The van der Waals surface area contributed by atoms with Crippen molar-refractivity contribution in [3.8, 4) is 0 Å². The van der Waals surface area contributed by atoms with E-state index in [1.165, 1.54) is 16.2 Å². The molecule has 0 bridgehead atoms. The normalized spacial score (nSPS) is 19.2. The SMILES string of the molecule is O=C(O)CC1(NC(=O)Nc2nc3c(s2)CCC3)CCCC1. The monoisotopic (exact) mass is 309 g/mol. The number of aliphatic carboxylic acids is 1. The topological polar surface area (TPSA) is 91.3 Å². The first-order chi connectivity index (χ1) is 10.1. The van der Waals surface area contributed by atoms with Crippen LogP contribution in [0.25, 0.3) is 0 Å². The van der Waals surface area contributed by atoms with Crippen LogP contribution < -0.4 is 10.6 Å². The van der Waals surface area contributed by atoms with Gasteiger partial charge >= 0.3 is 12.0 Å². The second-order valence-electron chi connectivity index (χ2n) is 5.88. The van der Waals surface area contributed by atoms with Gasteiger partial charge in [-0.15, -0.1) is 11.3 Å². The van der Waals surface area contributed by atoms with Crippen molar-refractivity contribution in [2.75, 3.05) is 5.32 Å². The number of carboxylic acids is 1. The summed E-state index contributed by atoms with van der Waals surface area (Å²) in [4.78, 5) is 28.8. The fourth-order valence-corrected chi connectivity index (χ4v) is 4.35. The van der Waals surface area contributed by atoms with Gasteiger partial charge in [-0.2, -0.15) is 0 Å². The molecule has 0 atom stereocenters. The Morgan fingerprint density at radius 2 is 2.00 bits per heavy atom. The Morgan fingerprint density at radius 3 is 2.67 bits per heavy atom. The van der Waals surface area contributed by atoms with E-state index in [1.54, 1.807) is 0 Å². The highest BCUT2D eigenvalue weighted by Gasteiger charge is 2.37. The van der Waals surface area contributed by atoms with Gasteiger partial charge in [-0.3, -0.25) is 10.1 Å². The van der Waals surface area contributed by atoms with Crippen molar-refractivity contribution in [3.63, 3.8) is 0 Å². The minimum atomic E-state index is -0.870. The Morgan fingerprint density at radius 1 is 1.24 bits per heavy atom. The number of thiazole rings is 1. The van der Waals surface area contributed by atoms with Crippen molar-refractivity contribution < 1.29 is 14.7 Å². The molecule has 0 aliphatic heterocycles. The molecule has 2 amide bonds. The summed E-state index contributed by atoms with van der Waals surface area (Å²) in [6.45, 7) is 0. The van der Waals surface area contributed by atoms with Gasteiger partial charge in [0.15, 0.2) is 5.13 Å². The smallest absolute Gasteiger partial charge is 0.321 e. The zero-order valence-electron chi connectivity index (χ0n) is 11.8. The lowest BCUT2D eigenvalue weighted by atomic mass is 9.93. The molecule has 1 fully saturated rings. The Kier molecular flexibility index (Phi) is 3.84. The van der Waals surface area contributed by atoms with E-state index in [1.807, 2.05) is 0 Å². The van der Waals surface area contributed by atoms with Gasteiger partial charge in [-0.05, 0) is 32.1 Å². The van der Waals surface area contributed by atoms with Crippen LogP contribution in [0.1, 0.15) is 49.1 Å². The van der Waals surface area contributed by atoms with Crippen molar-refractivity contribution in [1.82, 2.24) is 10.3 Å². The molecule has 6 nitrogen and oxygen atoms in total. The van der Waals surface area contributed by atoms with E-state index in [0.29, 0.717) is 5.13 Å². The molecule has 1 heterocycles. The van der Waals surface area contributed by atoms with E-state index >= 15 is 0 Å². The Labute approximate surface area is 127 Å². The number of hydrogen-bond acceptors (Lipinski definition) is 4. The predicted octanol–water partition coefficient (Wildman–Crippen LogP) is 2.54. The number of carboxylic acid groups (broad SMARTS) is 1. The molecule has 0 aromatic carbocycles. The van der Waals surface area contributed by atoms with Crippen molar-refractivity contribution in [1.29, 1.82) is 0 Å². The molecule has 0 unspecified atom stereocenters. The zero-order chi connectivity index (χ0) is 14.9. The molecule has 3 N–H and O–H groups in total. The summed E-state index contributed by atoms with van der Waals surface area (Å²) in [6.07, 6.45) is 6.51. The third-order valence-corrected chi connectivity index (χ3v) is 5.32. The van der Waals surface area contributed by atoms with Gasteiger partial charge in [-0.25, -0.2) is 9.78 Å². The number of anilines is 1. The highest BCUT2D eigenvalue weighted by atomic mass is 32.1. The molecular weight excluding hydrogens is 290 g/mol. The van der Waals surface area contributed by atoms with Crippen molar-refractivity contribution in [2.45, 2.75) is 56.9 Å². The van der Waals surface area contributed by atoms with Crippen LogP contribution in [-0.4, -0.2) is 27.6 Å². The lowest BCUT2D eigenvalue weighted by Crippen LogP contribution is -2.49. The number of aromatic nitrogens is 1. The molecule has 114 valence electrons. The van der Waals surface area contributed by atoms with Crippen LogP contribution in [0.2, 0.25) is 0 Å². The van der Waals surface area contributed by atoms with Crippen LogP contribution in [0.5, 0.6) is 0 Å². The summed E-state index contributed by atoms with van der Waals surface area (Å²) in [5.41, 5.74) is 0.493. The first-order valence-electron chi connectivity index (χ1n) is 7.36. The van der Waals surface area contributed by atoms with E-state index in [9.17, 15) is 9.59 Å². The number of urea groups is 1. The Balaban J connectivity index is 1.63. The third-order valence-electron chi connectivity index (χ3n) is 4.25. The molecule has 21 heavy (non-hydrogen) atoms. The first-order valence-corrected chi connectivity index (χ1v) is 8.18. The molecule has 0 spiro atoms. The molecule has 1 aromatic rings. The number of rotatable bonds is 4. The average Bonchev–Trinajstić information content (AvgIpc) is 3.04. The maximum atomic E-state index is 12.1. The number of hydrogen-bond donors (Lipinski definition) is 3. The van der Waals surface area contributed by atoms with E-state index in [2.05, 4.69) is 15.6 Å². The van der Waals surface area contributed by atoms with E-state index in [-0.39, 0.29) is 12.5 Å². The minimum absolute atomic E-state index is 0.0191. The van der Waals surface area contributed by atoms with Crippen molar-refractivity contribution >= 4 is 28.5 Å². The minimum Gasteiger partial charge on any atom is -0.481 e. The van der Waals surface area contributed by atoms with Crippen LogP contribution in [0.4, 0.5) is 9.93 Å². The third kappa shape index (κ3) is 3.18. The number of nitrogens with one attached hydrogen (secondary N) is 2. The molecule has 1 saturated carbocycles. The number of carbonyl (C=O) groups is 2. The van der Waals surface area contributed by atoms with E-state index in [4.69, 9.17) is 5.11 Å². The number of aryl methyl sites for hydroxylation is 2. The zero-order valence-corrected chi connectivity index (χ0v) is 12.6. The molecule has 0 saturated heterocycles. The van der Waals surface area contributed by atoms with Gasteiger partial charge < -0.3 is 10.4 Å². The Bertz CT molecular complexity index is 542. The van der Waals surface area contributed by atoms with Gasteiger partial charge in [0.05, 0.1) is 17.7 Å². The van der Waals surface area contributed by atoms with Gasteiger partial charge in [0.1, 0.15) is 0 Å². The van der Waals surface area contributed by atoms with Crippen LogP contribution in [0, 0.1) is 0 Å². The molecular formula is C14H19N3O3S. The van der Waals surface area contributed by atoms with Crippen LogP contribution >= 0.6 is 11.3 Å². The Hall–Kier alpha value is -1.63. The summed E-state index contributed by atoms with van der Waals surface area (Å²) >= 11 is 1.52. The van der Waals surface area contributed by atoms with Crippen LogP contribution in [0.15, 0.2) is 0 Å². The summed E-state index contributed by atoms with van der Waals surface area (Å²) in [7, 11) is 0. The molecule has 7 heteroatoms. The summed E-state index contributed by atoms with van der Waals surface area (Å²) in [5.74, 6) is -0.870. The summed E-state index contributed by atoms with van der Waals surface area (Å²) < 4.78 is 0. The maximum Gasteiger partial charge on any atom is 0.321 e. The quantitative estimate of drug-likeness (QED) is 0.797. The summed E-state index contributed by atoms with van der Waals surface area (Å²) in [5, 5.41) is 15.3. The largest absolute Gasteiger partial charge is 0.481 e. The first kappa shape index (κ1) is 14.3. The van der Waals surface area contributed by atoms with Gasteiger partial charge in [-0.1, -0.05) is 12.8 Å². The molecule has 1 aromatic heterocycles. The second-order valence-corrected chi connectivity index (χ2v) is 6.96. The highest BCUT2D eigenvalue weighted by molar-refractivity contribution is 7.15. The molecule has 0 radical (unpaired) electrons. The predicted molar refractivity (Wildman–Crippen MR) is 79.7 cm³/mol. The number of amides is 2. The second kappa shape index (κ2) is 5.63. The maximum absolute atomic E-state index is 12.1. The molecule has 2 aliphatic rings. The van der Waals surface area contributed by atoms with E-state index in [0.717, 1.165) is 50.6 Å².